The summed E-state index contributed by atoms with van der Waals surface area (Å²) in [5, 5.41) is 8.66. The number of ether oxygens (including phenoxy) is 1. The van der Waals surface area contributed by atoms with E-state index in [9.17, 15) is 16.8 Å². The van der Waals surface area contributed by atoms with Gasteiger partial charge in [0, 0.05) is 24.5 Å². The normalized spacial score (nSPS) is 12.1. The molecule has 0 fully saturated rings. The van der Waals surface area contributed by atoms with E-state index in [0.29, 0.717) is 23.1 Å². The minimum atomic E-state index is -4.00. The van der Waals surface area contributed by atoms with Crippen LogP contribution in [0.15, 0.2) is 81.4 Å². The standard InChI is InChI=1S/C25H23ClN6O6S2/c1-16-10-17(14-32-15-18(12-28-32)13-29-39(33,34)22-8-5-9-27-24(22)26)11-20-23(16)25(30-38-20)31-40(35,36)21-7-4-3-6-19(21)37-2/h3-12,15,29H,13-14H2,1-2H3,(H,30,31). The number of hydrogen-bond acceptors (Lipinski definition) is 9. The first-order valence-electron chi connectivity index (χ1n) is 11.7. The van der Waals surface area contributed by atoms with Gasteiger partial charge in [0.1, 0.15) is 20.7 Å². The van der Waals surface area contributed by atoms with Gasteiger partial charge in [0.05, 0.1) is 25.2 Å². The number of anilines is 1. The number of nitrogens with one attached hydrogen (secondary N) is 2. The molecule has 0 radical (unpaired) electrons. The molecule has 15 heteroatoms. The van der Waals surface area contributed by atoms with Crippen LogP contribution in [0, 0.1) is 6.92 Å². The Morgan fingerprint density at radius 3 is 2.58 bits per heavy atom. The Labute approximate surface area is 235 Å². The molecule has 5 rings (SSSR count). The molecule has 0 spiro atoms. The van der Waals surface area contributed by atoms with Crippen LogP contribution in [0.3, 0.4) is 0 Å². The minimum absolute atomic E-state index is 0.00340. The molecule has 0 atom stereocenters. The van der Waals surface area contributed by atoms with Gasteiger partial charge in [0.25, 0.3) is 10.0 Å². The quantitative estimate of drug-likeness (QED) is 0.227. The largest absolute Gasteiger partial charge is 0.495 e. The average molecular weight is 603 g/mol. The van der Waals surface area contributed by atoms with Crippen molar-refractivity contribution >= 4 is 48.4 Å². The predicted octanol–water partition coefficient (Wildman–Crippen LogP) is 3.72. The maximum absolute atomic E-state index is 13.0. The lowest BCUT2D eigenvalue weighted by molar-refractivity contribution is 0.403. The van der Waals surface area contributed by atoms with Gasteiger partial charge < -0.3 is 9.26 Å². The molecular formula is C25H23ClN6O6S2. The van der Waals surface area contributed by atoms with Crippen molar-refractivity contribution in [2.24, 2.45) is 0 Å². The van der Waals surface area contributed by atoms with E-state index in [0.717, 1.165) is 11.1 Å². The molecule has 2 aromatic carbocycles. The molecule has 0 saturated carbocycles. The van der Waals surface area contributed by atoms with Crippen LogP contribution in [0.5, 0.6) is 5.75 Å². The molecule has 0 saturated heterocycles. The number of nitrogens with zero attached hydrogens (tertiary/aromatic N) is 4. The molecule has 0 bridgehead atoms. The highest BCUT2D eigenvalue weighted by Gasteiger charge is 2.23. The highest BCUT2D eigenvalue weighted by atomic mass is 35.5. The van der Waals surface area contributed by atoms with E-state index < -0.39 is 20.0 Å². The molecule has 208 valence electrons. The van der Waals surface area contributed by atoms with Crippen LogP contribution in [0.4, 0.5) is 5.82 Å². The van der Waals surface area contributed by atoms with Crippen molar-refractivity contribution in [1.82, 2.24) is 24.6 Å². The lowest BCUT2D eigenvalue weighted by atomic mass is 10.1. The van der Waals surface area contributed by atoms with Crippen LogP contribution < -0.4 is 14.2 Å². The Kier molecular flexibility index (Phi) is 7.51. The lowest BCUT2D eigenvalue weighted by Gasteiger charge is -2.10. The average Bonchev–Trinajstić information content (AvgIpc) is 3.54. The zero-order valence-corrected chi connectivity index (χ0v) is 23.6. The second-order valence-electron chi connectivity index (χ2n) is 8.74. The third-order valence-corrected chi connectivity index (χ3v) is 9.16. The molecule has 3 aromatic heterocycles. The fraction of sp³-hybridized carbons (Fsp3) is 0.160. The summed E-state index contributed by atoms with van der Waals surface area (Å²) in [6, 6.07) is 12.7. The zero-order chi connectivity index (χ0) is 28.5. The molecular weight excluding hydrogens is 580 g/mol. The predicted molar refractivity (Wildman–Crippen MR) is 147 cm³/mol. The molecule has 2 N–H and O–H groups in total. The molecule has 0 aliphatic rings. The maximum atomic E-state index is 13.0. The minimum Gasteiger partial charge on any atom is -0.495 e. The first kappa shape index (κ1) is 27.6. The van der Waals surface area contributed by atoms with Crippen LogP contribution in [-0.4, -0.2) is 43.9 Å². The first-order chi connectivity index (χ1) is 19.1. The van der Waals surface area contributed by atoms with E-state index in [1.165, 1.54) is 31.5 Å². The van der Waals surface area contributed by atoms with Gasteiger partial charge in [-0.15, -0.1) is 0 Å². The van der Waals surface area contributed by atoms with Gasteiger partial charge in [-0.05, 0) is 48.4 Å². The molecule has 40 heavy (non-hydrogen) atoms. The maximum Gasteiger partial charge on any atom is 0.266 e. The summed E-state index contributed by atoms with van der Waals surface area (Å²) in [7, 11) is -6.46. The van der Waals surface area contributed by atoms with Crippen molar-refractivity contribution in [2.45, 2.75) is 29.8 Å². The lowest BCUT2D eigenvalue weighted by Crippen LogP contribution is -2.23. The van der Waals surface area contributed by atoms with E-state index in [1.54, 1.807) is 41.3 Å². The molecule has 12 nitrogen and oxygen atoms in total. The van der Waals surface area contributed by atoms with Gasteiger partial charge in [-0.25, -0.2) is 26.5 Å². The van der Waals surface area contributed by atoms with Gasteiger partial charge >= 0.3 is 0 Å². The fourth-order valence-electron chi connectivity index (χ4n) is 4.13. The number of aryl methyl sites for hydroxylation is 1. The monoisotopic (exact) mass is 602 g/mol. The number of hydrogen-bond donors (Lipinski definition) is 2. The van der Waals surface area contributed by atoms with E-state index in [1.807, 2.05) is 13.0 Å². The second kappa shape index (κ2) is 10.9. The Balaban J connectivity index is 1.31. The molecule has 0 aliphatic heterocycles. The van der Waals surface area contributed by atoms with Gasteiger partial charge in [0.2, 0.25) is 10.0 Å². The van der Waals surface area contributed by atoms with E-state index >= 15 is 0 Å². The molecule has 0 unspecified atom stereocenters. The summed E-state index contributed by atoms with van der Waals surface area (Å²) >= 11 is 5.91. The van der Waals surface area contributed by atoms with Crippen molar-refractivity contribution in [1.29, 1.82) is 0 Å². The Bertz CT molecular complexity index is 1920. The van der Waals surface area contributed by atoms with Gasteiger partial charge in [0.15, 0.2) is 11.4 Å². The van der Waals surface area contributed by atoms with E-state index in [4.69, 9.17) is 20.9 Å². The summed E-state index contributed by atoms with van der Waals surface area (Å²) in [5.41, 5.74) is 2.58. The van der Waals surface area contributed by atoms with Crippen LogP contribution >= 0.6 is 11.6 Å². The fourth-order valence-corrected chi connectivity index (χ4v) is 6.77. The Hall–Kier alpha value is -3.98. The van der Waals surface area contributed by atoms with Crippen LogP contribution in [0.2, 0.25) is 5.15 Å². The van der Waals surface area contributed by atoms with Crippen molar-refractivity contribution in [2.75, 3.05) is 11.8 Å². The van der Waals surface area contributed by atoms with Gasteiger partial charge in [-0.2, -0.15) is 5.10 Å². The molecule has 0 aliphatic carbocycles. The summed E-state index contributed by atoms with van der Waals surface area (Å²) in [5.74, 6) is 0.265. The first-order valence-corrected chi connectivity index (χ1v) is 15.1. The van der Waals surface area contributed by atoms with Crippen molar-refractivity contribution < 1.29 is 26.1 Å². The van der Waals surface area contributed by atoms with Crippen LogP contribution in [-0.2, 0) is 33.1 Å². The molecule has 5 aromatic rings. The van der Waals surface area contributed by atoms with Gasteiger partial charge in [-0.3, -0.25) is 9.40 Å². The highest BCUT2D eigenvalue weighted by molar-refractivity contribution is 7.92. The highest BCUT2D eigenvalue weighted by Crippen LogP contribution is 2.31. The smallest absolute Gasteiger partial charge is 0.266 e. The van der Waals surface area contributed by atoms with E-state index in [-0.39, 0.29) is 33.1 Å². The summed E-state index contributed by atoms with van der Waals surface area (Å²) in [6.07, 6.45) is 4.67. The summed E-state index contributed by atoms with van der Waals surface area (Å²) < 4.78 is 68.4. The van der Waals surface area contributed by atoms with Crippen molar-refractivity contribution in [3.63, 3.8) is 0 Å². The van der Waals surface area contributed by atoms with Gasteiger partial charge in [-0.1, -0.05) is 35.0 Å². The number of sulfonamides is 2. The third kappa shape index (κ3) is 5.65. The summed E-state index contributed by atoms with van der Waals surface area (Å²) in [4.78, 5) is 3.67. The number of rotatable bonds is 10. The number of para-hydroxylation sites is 1. The Morgan fingerprint density at radius 1 is 1.02 bits per heavy atom. The topological polar surface area (TPSA) is 158 Å². The summed E-state index contributed by atoms with van der Waals surface area (Å²) in [6.45, 7) is 2.17. The Morgan fingerprint density at radius 2 is 1.80 bits per heavy atom. The van der Waals surface area contributed by atoms with Crippen LogP contribution in [0.1, 0.15) is 16.7 Å². The molecule has 0 amide bonds. The zero-order valence-electron chi connectivity index (χ0n) is 21.2. The number of halogens is 1. The van der Waals surface area contributed by atoms with Crippen LogP contribution in [0.25, 0.3) is 11.0 Å². The van der Waals surface area contributed by atoms with Crippen molar-refractivity contribution in [3.05, 3.63) is 89.0 Å². The number of pyridine rings is 1. The number of fused-ring (bicyclic) bond motifs is 1. The van der Waals surface area contributed by atoms with E-state index in [2.05, 4.69) is 24.7 Å². The number of benzene rings is 2. The SMILES string of the molecule is COc1ccccc1S(=O)(=O)Nc1noc2cc(Cn3cc(CNS(=O)(=O)c4cccnc4Cl)cn3)cc(C)c12. The van der Waals surface area contributed by atoms with Crippen molar-refractivity contribution in [3.8, 4) is 5.75 Å². The third-order valence-electron chi connectivity index (χ3n) is 5.93. The number of methoxy groups -OCH3 is 1. The molecule has 3 heterocycles. The number of aromatic nitrogens is 4. The second-order valence-corrected chi connectivity index (χ2v) is 12.5.